The Morgan fingerprint density at radius 1 is 1.44 bits per heavy atom. The molecule has 0 aliphatic carbocycles. The van der Waals surface area contributed by atoms with E-state index in [1.54, 1.807) is 0 Å². The number of hydrogen-bond acceptors (Lipinski definition) is 7. The van der Waals surface area contributed by atoms with Crippen molar-refractivity contribution in [3.05, 3.63) is 0 Å². The molecular formula is C8H14O7S. The summed E-state index contributed by atoms with van der Waals surface area (Å²) < 4.78 is 4.82. The molecule has 1 heterocycles. The summed E-state index contributed by atoms with van der Waals surface area (Å²) in [5.74, 6) is -3.54. The molecule has 0 unspecified atom stereocenters. The number of aliphatic hydroxyl groups is 4. The molecule has 4 atom stereocenters. The molecule has 0 amide bonds. The second-order valence-corrected chi connectivity index (χ2v) is 4.53. The lowest BCUT2D eigenvalue weighted by molar-refractivity contribution is -0.309. The first-order valence-corrected chi connectivity index (χ1v) is 5.72. The van der Waals surface area contributed by atoms with Crippen molar-refractivity contribution in [1.82, 2.24) is 0 Å². The summed E-state index contributed by atoms with van der Waals surface area (Å²) in [4.78, 5) is 10.2. The average molecular weight is 254 g/mol. The third kappa shape index (κ3) is 3.06. The molecule has 0 aromatic rings. The predicted molar refractivity (Wildman–Crippen MR) is 53.9 cm³/mol. The van der Waals surface area contributed by atoms with Crippen LogP contribution in [0.15, 0.2) is 0 Å². The minimum Gasteiger partial charge on any atom is -0.481 e. The molecule has 0 spiro atoms. The Balaban J connectivity index is 2.52. The van der Waals surface area contributed by atoms with Gasteiger partial charge >= 0.3 is 5.97 Å². The number of thioether (sulfide) groups is 1. The fourth-order valence-corrected chi connectivity index (χ4v) is 2.13. The van der Waals surface area contributed by atoms with Gasteiger partial charge in [-0.05, 0) is 0 Å². The molecule has 7 nitrogen and oxygen atoms in total. The van der Waals surface area contributed by atoms with Crippen LogP contribution in [0.4, 0.5) is 0 Å². The molecule has 0 radical (unpaired) electrons. The van der Waals surface area contributed by atoms with Gasteiger partial charge in [-0.3, -0.25) is 4.79 Å². The molecule has 5 N–H and O–H groups in total. The van der Waals surface area contributed by atoms with Crippen molar-refractivity contribution in [3.63, 3.8) is 0 Å². The first-order valence-electron chi connectivity index (χ1n) is 4.57. The van der Waals surface area contributed by atoms with E-state index in [1.165, 1.54) is 0 Å². The molecular weight excluding hydrogens is 240 g/mol. The summed E-state index contributed by atoms with van der Waals surface area (Å²) in [5.41, 5.74) is 0. The monoisotopic (exact) mass is 254 g/mol. The van der Waals surface area contributed by atoms with Crippen LogP contribution in [-0.2, 0) is 9.53 Å². The highest BCUT2D eigenvalue weighted by atomic mass is 32.2. The van der Waals surface area contributed by atoms with Crippen molar-refractivity contribution < 1.29 is 35.1 Å². The van der Waals surface area contributed by atoms with Gasteiger partial charge in [0.2, 0.25) is 5.79 Å². The minimum atomic E-state index is -2.03. The highest BCUT2D eigenvalue weighted by molar-refractivity contribution is 7.99. The first-order chi connectivity index (χ1) is 7.37. The zero-order valence-corrected chi connectivity index (χ0v) is 9.13. The van der Waals surface area contributed by atoms with E-state index in [-0.39, 0.29) is 18.1 Å². The van der Waals surface area contributed by atoms with Crippen LogP contribution in [0, 0.1) is 0 Å². The number of ether oxygens (including phenoxy) is 1. The maximum atomic E-state index is 10.2. The van der Waals surface area contributed by atoms with Crippen molar-refractivity contribution in [3.8, 4) is 0 Å². The van der Waals surface area contributed by atoms with Crippen LogP contribution in [0.5, 0.6) is 0 Å². The number of aliphatic hydroxyl groups excluding tert-OH is 3. The van der Waals surface area contributed by atoms with E-state index in [0.29, 0.717) is 0 Å². The van der Waals surface area contributed by atoms with E-state index >= 15 is 0 Å². The van der Waals surface area contributed by atoms with Gasteiger partial charge in [0.25, 0.3) is 0 Å². The minimum absolute atomic E-state index is 0.204. The predicted octanol–water partition coefficient (Wildman–Crippen LogP) is -2.39. The third-order valence-corrected chi connectivity index (χ3v) is 3.29. The Hall–Kier alpha value is -0.380. The standard InChI is InChI=1S/C8H14O7S/c9-4-1-15-8(14,7(13)6(4)12)3-16-2-5(10)11/h4,6-7,9,12-14H,1-3H2,(H,10,11)/t4-,6-,7+,8-/m1/s1. The lowest BCUT2D eigenvalue weighted by atomic mass is 9.98. The number of hydrogen-bond donors (Lipinski definition) is 5. The molecule has 0 saturated carbocycles. The van der Waals surface area contributed by atoms with Crippen molar-refractivity contribution >= 4 is 17.7 Å². The number of carboxylic acid groups (broad SMARTS) is 1. The van der Waals surface area contributed by atoms with E-state index in [2.05, 4.69) is 0 Å². The molecule has 1 aliphatic heterocycles. The number of carbonyl (C=O) groups is 1. The molecule has 0 bridgehead atoms. The summed E-state index contributed by atoms with van der Waals surface area (Å²) in [6.45, 7) is -0.317. The van der Waals surface area contributed by atoms with Crippen LogP contribution in [0.2, 0.25) is 0 Å². The Bertz CT molecular complexity index is 261. The van der Waals surface area contributed by atoms with Gasteiger partial charge in [0, 0.05) is 0 Å². The van der Waals surface area contributed by atoms with Gasteiger partial charge in [-0.25, -0.2) is 0 Å². The molecule has 1 saturated heterocycles. The van der Waals surface area contributed by atoms with E-state index in [1.807, 2.05) is 0 Å². The Kier molecular flexibility index (Phi) is 4.53. The van der Waals surface area contributed by atoms with E-state index < -0.39 is 30.1 Å². The van der Waals surface area contributed by atoms with Gasteiger partial charge in [0.1, 0.15) is 18.3 Å². The Morgan fingerprint density at radius 3 is 2.62 bits per heavy atom. The van der Waals surface area contributed by atoms with Gasteiger partial charge in [-0.1, -0.05) is 0 Å². The quantitative estimate of drug-likeness (QED) is 0.376. The number of rotatable bonds is 4. The van der Waals surface area contributed by atoms with Gasteiger partial charge in [0.15, 0.2) is 0 Å². The lowest BCUT2D eigenvalue weighted by Gasteiger charge is -2.41. The molecule has 0 aromatic carbocycles. The topological polar surface area (TPSA) is 127 Å². The highest BCUT2D eigenvalue weighted by Gasteiger charge is 2.48. The summed E-state index contributed by atoms with van der Waals surface area (Å²) in [5, 5.41) is 46.1. The van der Waals surface area contributed by atoms with Gasteiger partial charge < -0.3 is 30.3 Å². The molecule has 1 rings (SSSR count). The molecule has 1 fully saturated rings. The summed E-state index contributed by atoms with van der Waals surface area (Å²) in [6.07, 6.45) is -4.44. The molecule has 16 heavy (non-hydrogen) atoms. The van der Waals surface area contributed by atoms with Crippen LogP contribution in [0.25, 0.3) is 0 Å². The fraction of sp³-hybridized carbons (Fsp3) is 0.875. The maximum Gasteiger partial charge on any atom is 0.313 e. The van der Waals surface area contributed by atoms with E-state index in [9.17, 15) is 20.1 Å². The molecule has 94 valence electrons. The summed E-state index contributed by atoms with van der Waals surface area (Å²) >= 11 is 0.846. The SMILES string of the molecule is O=C(O)CSC[C@@]1(O)OC[C@@H](O)[C@@H](O)[C@@H]1O. The second kappa shape index (κ2) is 5.30. The van der Waals surface area contributed by atoms with Crippen molar-refractivity contribution in [2.45, 2.75) is 24.1 Å². The van der Waals surface area contributed by atoms with E-state index in [0.717, 1.165) is 11.8 Å². The van der Waals surface area contributed by atoms with Crippen LogP contribution in [-0.4, -0.2) is 73.7 Å². The molecule has 1 aliphatic rings. The number of carboxylic acids is 1. The molecule has 0 aromatic heterocycles. The Labute approximate surface area is 95.7 Å². The van der Waals surface area contributed by atoms with Crippen LogP contribution >= 0.6 is 11.8 Å². The lowest BCUT2D eigenvalue weighted by Crippen LogP contribution is -2.62. The van der Waals surface area contributed by atoms with E-state index in [4.69, 9.17) is 14.9 Å². The van der Waals surface area contributed by atoms with Crippen molar-refractivity contribution in [1.29, 1.82) is 0 Å². The maximum absolute atomic E-state index is 10.2. The van der Waals surface area contributed by atoms with Crippen LogP contribution in [0.1, 0.15) is 0 Å². The zero-order chi connectivity index (χ0) is 12.3. The smallest absolute Gasteiger partial charge is 0.313 e. The van der Waals surface area contributed by atoms with Crippen molar-refractivity contribution in [2.75, 3.05) is 18.1 Å². The summed E-state index contributed by atoms with van der Waals surface area (Å²) in [7, 11) is 0. The first kappa shape index (κ1) is 13.7. The van der Waals surface area contributed by atoms with Gasteiger partial charge in [-0.15, -0.1) is 11.8 Å². The largest absolute Gasteiger partial charge is 0.481 e. The Morgan fingerprint density at radius 2 is 2.06 bits per heavy atom. The van der Waals surface area contributed by atoms with Gasteiger partial charge in [-0.2, -0.15) is 0 Å². The fourth-order valence-electron chi connectivity index (χ4n) is 1.30. The van der Waals surface area contributed by atoms with Crippen LogP contribution in [0.3, 0.4) is 0 Å². The summed E-state index contributed by atoms with van der Waals surface area (Å²) in [6, 6.07) is 0. The van der Waals surface area contributed by atoms with Gasteiger partial charge in [0.05, 0.1) is 18.1 Å². The zero-order valence-electron chi connectivity index (χ0n) is 8.31. The van der Waals surface area contributed by atoms with Crippen molar-refractivity contribution in [2.24, 2.45) is 0 Å². The average Bonchev–Trinajstić information content (AvgIpc) is 2.21. The highest BCUT2D eigenvalue weighted by Crippen LogP contribution is 2.27. The van der Waals surface area contributed by atoms with Crippen LogP contribution < -0.4 is 0 Å². The normalized spacial score (nSPS) is 39.6. The third-order valence-electron chi connectivity index (χ3n) is 2.22. The molecule has 8 heteroatoms. The number of aliphatic carboxylic acids is 1. The second-order valence-electron chi connectivity index (χ2n) is 3.55.